The molecule has 0 saturated carbocycles. The fraction of sp³-hybridized carbons (Fsp3) is 0.0385. The van der Waals surface area contributed by atoms with Crippen molar-refractivity contribution in [3.05, 3.63) is 170 Å². The van der Waals surface area contributed by atoms with E-state index in [4.69, 9.17) is 29.6 Å². The van der Waals surface area contributed by atoms with Gasteiger partial charge in [0.1, 0.15) is 17.3 Å². The Kier molecular flexibility index (Phi) is 7.49. The van der Waals surface area contributed by atoms with Crippen molar-refractivity contribution in [2.75, 3.05) is 14.2 Å². The first kappa shape index (κ1) is 34.0. The van der Waals surface area contributed by atoms with E-state index in [1.807, 2.05) is 18.3 Å². The van der Waals surface area contributed by atoms with Crippen molar-refractivity contribution in [1.29, 1.82) is 0 Å². The molecule has 0 saturated heterocycles. The summed E-state index contributed by atoms with van der Waals surface area (Å²) in [4.78, 5) is 10.5. The van der Waals surface area contributed by atoms with E-state index < -0.39 is 0 Å². The van der Waals surface area contributed by atoms with E-state index in [-0.39, 0.29) is 0 Å². The summed E-state index contributed by atoms with van der Waals surface area (Å²) in [6.45, 7) is 0. The van der Waals surface area contributed by atoms with Crippen molar-refractivity contribution in [2.45, 2.75) is 0 Å². The number of imidazole rings is 1. The van der Waals surface area contributed by atoms with Crippen LogP contribution >= 0.6 is 0 Å². The van der Waals surface area contributed by atoms with Crippen LogP contribution in [-0.2, 0) is 0 Å². The second kappa shape index (κ2) is 13.2. The van der Waals surface area contributed by atoms with Crippen molar-refractivity contribution in [3.8, 4) is 45.8 Å². The summed E-state index contributed by atoms with van der Waals surface area (Å²) in [5, 5.41) is 20.9. The summed E-state index contributed by atoms with van der Waals surface area (Å²) < 4.78 is 15.7. The van der Waals surface area contributed by atoms with E-state index in [2.05, 4.69) is 161 Å². The lowest BCUT2D eigenvalue weighted by atomic mass is 9.96. The predicted octanol–water partition coefficient (Wildman–Crippen LogP) is 12.3. The zero-order chi connectivity index (χ0) is 39.9. The van der Waals surface area contributed by atoms with Crippen LogP contribution in [0.15, 0.2) is 170 Å². The summed E-state index contributed by atoms with van der Waals surface area (Å²) >= 11 is 0. The van der Waals surface area contributed by atoms with Crippen LogP contribution in [0.1, 0.15) is 0 Å². The van der Waals surface area contributed by atoms with E-state index in [9.17, 15) is 0 Å². The monoisotopic (exact) mass is 774 g/mol. The molecular weight excluding hydrogens is 741 g/mol. The molecule has 8 heteroatoms. The number of hydrogen-bond donors (Lipinski definition) is 0. The van der Waals surface area contributed by atoms with Gasteiger partial charge in [-0.25, -0.2) is 9.97 Å². The first-order valence-corrected chi connectivity index (χ1v) is 19.9. The lowest BCUT2D eigenvalue weighted by Crippen LogP contribution is -2.05. The highest BCUT2D eigenvalue weighted by Gasteiger charge is 2.23. The summed E-state index contributed by atoms with van der Waals surface area (Å²) in [5.74, 6) is 3.49. The van der Waals surface area contributed by atoms with E-state index in [1.165, 1.54) is 0 Å². The van der Waals surface area contributed by atoms with Gasteiger partial charge in [0.2, 0.25) is 0 Å². The van der Waals surface area contributed by atoms with Crippen LogP contribution in [0.25, 0.3) is 110 Å². The van der Waals surface area contributed by atoms with Gasteiger partial charge >= 0.3 is 0 Å². The van der Waals surface area contributed by atoms with Crippen LogP contribution in [-0.4, -0.2) is 43.5 Å². The molecule has 0 bridgehead atoms. The van der Waals surface area contributed by atoms with Gasteiger partial charge in [0.05, 0.1) is 42.5 Å². The van der Waals surface area contributed by atoms with E-state index in [1.54, 1.807) is 14.2 Å². The Labute approximate surface area is 343 Å². The fourth-order valence-electron chi connectivity index (χ4n) is 9.14. The van der Waals surface area contributed by atoms with Gasteiger partial charge in [0, 0.05) is 38.4 Å². The van der Waals surface area contributed by atoms with Crippen LogP contribution in [0.5, 0.6) is 11.5 Å². The van der Waals surface area contributed by atoms with Gasteiger partial charge in [-0.2, -0.15) is 0 Å². The molecule has 0 aliphatic heterocycles. The molecule has 9 aromatic carbocycles. The zero-order valence-corrected chi connectivity index (χ0v) is 32.7. The number of ether oxygens (including phenoxy) is 2. The maximum Gasteiger partial charge on any atom is 0.183 e. The molecule has 0 unspecified atom stereocenters. The Morgan fingerprint density at radius 1 is 0.467 bits per heavy atom. The van der Waals surface area contributed by atoms with Gasteiger partial charge in [0.15, 0.2) is 11.6 Å². The van der Waals surface area contributed by atoms with Gasteiger partial charge in [-0.15, -0.1) is 10.2 Å². The second-order valence-electron chi connectivity index (χ2n) is 15.0. The Morgan fingerprint density at radius 2 is 1.02 bits per heavy atom. The third kappa shape index (κ3) is 5.04. The molecular formula is C52H34N6O2. The highest BCUT2D eigenvalue weighted by Crippen LogP contribution is 2.41. The van der Waals surface area contributed by atoms with Crippen LogP contribution in [0.2, 0.25) is 0 Å². The standard InChI is InChI=1S/C52H34N6O2/c1-59-35-23-25-45-43(28-35)44-29-36(60-2)24-26-46(44)57(45)34-21-19-31(20-22-34)52-54-49-41-17-9-7-15-39(41)40-16-8-10-18-42(40)50(49)58(52)47-30-53-51(56-55-47)48-37-13-5-3-11-32(37)27-33-12-4-6-14-38(33)48/h3-30H,1-2H3. The molecule has 0 atom stereocenters. The van der Waals surface area contributed by atoms with Gasteiger partial charge in [0.25, 0.3) is 0 Å². The van der Waals surface area contributed by atoms with Crippen LogP contribution in [0, 0.1) is 0 Å². The third-order valence-electron chi connectivity index (χ3n) is 11.9. The molecule has 0 N–H and O–H groups in total. The minimum absolute atomic E-state index is 0.568. The molecule has 0 fully saturated rings. The molecule has 0 aliphatic rings. The Hall–Kier alpha value is -8.10. The Balaban J connectivity index is 1.08. The highest BCUT2D eigenvalue weighted by atomic mass is 16.5. The minimum atomic E-state index is 0.568. The van der Waals surface area contributed by atoms with Crippen LogP contribution < -0.4 is 9.47 Å². The van der Waals surface area contributed by atoms with Crippen LogP contribution in [0.3, 0.4) is 0 Å². The number of methoxy groups -OCH3 is 2. The summed E-state index contributed by atoms with van der Waals surface area (Å²) in [7, 11) is 3.39. The maximum absolute atomic E-state index is 5.63. The number of aromatic nitrogens is 6. The number of nitrogens with zero attached hydrogens (tertiary/aromatic N) is 6. The fourth-order valence-corrected chi connectivity index (χ4v) is 9.14. The number of hydrogen-bond acceptors (Lipinski definition) is 6. The van der Waals surface area contributed by atoms with E-state index >= 15 is 0 Å². The Morgan fingerprint density at radius 3 is 1.60 bits per heavy atom. The lowest BCUT2D eigenvalue weighted by molar-refractivity contribution is 0.415. The third-order valence-corrected chi connectivity index (χ3v) is 11.9. The molecule has 0 radical (unpaired) electrons. The van der Waals surface area contributed by atoms with Crippen molar-refractivity contribution in [2.24, 2.45) is 0 Å². The predicted molar refractivity (Wildman–Crippen MR) is 243 cm³/mol. The first-order chi connectivity index (χ1) is 29.7. The van der Waals surface area contributed by atoms with E-state index in [0.29, 0.717) is 11.6 Å². The van der Waals surface area contributed by atoms with Gasteiger partial charge in [-0.05, 0) is 99.0 Å². The SMILES string of the molecule is COc1ccc2c(c1)c1cc(OC)ccc1n2-c1ccc(-c2nc3c4ccccc4c4ccccc4c3n2-c2cnc(-c3c4ccccc4cc4ccccc34)nn2)cc1. The van der Waals surface area contributed by atoms with Crippen molar-refractivity contribution in [1.82, 2.24) is 29.3 Å². The molecule has 0 spiro atoms. The Bertz CT molecular complexity index is 3570. The topological polar surface area (TPSA) is 79.9 Å². The first-order valence-electron chi connectivity index (χ1n) is 19.9. The van der Waals surface area contributed by atoms with Crippen LogP contribution in [0.4, 0.5) is 0 Å². The molecule has 12 aromatic rings. The molecule has 0 aliphatic carbocycles. The summed E-state index contributed by atoms with van der Waals surface area (Å²) in [6.07, 6.45) is 1.84. The van der Waals surface area contributed by atoms with Crippen molar-refractivity contribution < 1.29 is 9.47 Å². The largest absolute Gasteiger partial charge is 0.497 e. The maximum atomic E-state index is 5.63. The summed E-state index contributed by atoms with van der Waals surface area (Å²) in [5.41, 5.74) is 6.88. The second-order valence-corrected chi connectivity index (χ2v) is 15.0. The number of rotatable bonds is 6. The summed E-state index contributed by atoms with van der Waals surface area (Å²) in [6, 6.07) is 57.0. The smallest absolute Gasteiger partial charge is 0.183 e. The number of fused-ring (bicyclic) bond motifs is 11. The molecule has 3 heterocycles. The van der Waals surface area contributed by atoms with Gasteiger partial charge in [-0.3, -0.25) is 4.57 Å². The average molecular weight is 775 g/mol. The quantitative estimate of drug-likeness (QED) is 0.124. The lowest BCUT2D eigenvalue weighted by Gasteiger charge is -2.13. The molecule has 8 nitrogen and oxygen atoms in total. The van der Waals surface area contributed by atoms with E-state index in [0.717, 1.165) is 110 Å². The highest BCUT2D eigenvalue weighted by molar-refractivity contribution is 6.24. The molecule has 3 aromatic heterocycles. The zero-order valence-electron chi connectivity index (χ0n) is 32.7. The van der Waals surface area contributed by atoms with Gasteiger partial charge in [-0.1, -0.05) is 97.1 Å². The normalized spacial score (nSPS) is 11.8. The van der Waals surface area contributed by atoms with Crippen molar-refractivity contribution in [3.63, 3.8) is 0 Å². The van der Waals surface area contributed by atoms with Crippen molar-refractivity contribution >= 4 is 75.9 Å². The molecule has 12 rings (SSSR count). The number of benzene rings is 9. The molecule has 284 valence electrons. The molecule has 0 amide bonds. The minimum Gasteiger partial charge on any atom is -0.497 e. The average Bonchev–Trinajstić information content (AvgIpc) is 3.87. The van der Waals surface area contributed by atoms with Gasteiger partial charge < -0.3 is 14.0 Å². The molecule has 60 heavy (non-hydrogen) atoms.